The van der Waals surface area contributed by atoms with Crippen LogP contribution >= 0.6 is 0 Å². The first-order valence-corrected chi connectivity index (χ1v) is 14.0. The number of nitrogens with zero attached hydrogens (tertiary/aromatic N) is 2. The molecule has 5 nitrogen and oxygen atoms in total. The Morgan fingerprint density at radius 2 is 1.78 bits per heavy atom. The Kier molecular flexibility index (Phi) is 7.36. The maximum absolute atomic E-state index is 13.6. The fraction of sp³-hybridized carbons (Fsp3) is 0.655. The Hall–Kier alpha value is -1.87. The highest BCUT2D eigenvalue weighted by molar-refractivity contribution is 5.58. The zero-order valence-electron chi connectivity index (χ0n) is 21.3. The van der Waals surface area contributed by atoms with Gasteiger partial charge in [-0.05, 0) is 63.4 Å². The van der Waals surface area contributed by atoms with Gasteiger partial charge in [0.25, 0.3) is 0 Å². The van der Waals surface area contributed by atoms with Crippen molar-refractivity contribution >= 4 is 5.69 Å². The fourth-order valence-electron chi connectivity index (χ4n) is 7.09. The number of anilines is 1. The van der Waals surface area contributed by atoms with E-state index in [1.165, 1.54) is 12.1 Å². The smallest absolute Gasteiger partial charge is 0.381 e. The molecule has 6 rings (SSSR count). The van der Waals surface area contributed by atoms with Crippen LogP contribution in [0, 0.1) is 11.8 Å². The molecule has 5 atom stereocenters. The van der Waals surface area contributed by atoms with Gasteiger partial charge < -0.3 is 19.7 Å². The van der Waals surface area contributed by atoms with Crippen molar-refractivity contribution in [1.82, 2.24) is 9.80 Å². The number of nitrogens with one attached hydrogen (secondary N) is 1. The minimum absolute atomic E-state index is 0.0455. The number of piperidine rings is 1. The highest BCUT2D eigenvalue weighted by Crippen LogP contribution is 2.49. The van der Waals surface area contributed by atoms with Crippen molar-refractivity contribution in [3.63, 3.8) is 0 Å². The second-order valence-electron chi connectivity index (χ2n) is 11.3. The van der Waals surface area contributed by atoms with Crippen LogP contribution in [-0.2, 0) is 15.7 Å². The number of alkyl halides is 3. The fourth-order valence-corrected chi connectivity index (χ4v) is 7.09. The average molecular weight is 518 g/mol. The molecule has 37 heavy (non-hydrogen) atoms. The van der Waals surface area contributed by atoms with Crippen molar-refractivity contribution < 1.29 is 22.6 Å². The molecule has 3 saturated heterocycles. The van der Waals surface area contributed by atoms with Crippen LogP contribution in [0.5, 0.6) is 0 Å². The van der Waals surface area contributed by atoms with Crippen LogP contribution in [0.2, 0.25) is 0 Å². The van der Waals surface area contributed by atoms with E-state index in [1.807, 2.05) is 0 Å². The topological polar surface area (TPSA) is 37.0 Å². The summed E-state index contributed by atoms with van der Waals surface area (Å²) in [6.45, 7) is 6.68. The van der Waals surface area contributed by atoms with Crippen LogP contribution in [0.15, 0.2) is 42.5 Å². The second kappa shape index (κ2) is 10.7. The third kappa shape index (κ3) is 5.49. The Balaban J connectivity index is 1.16. The lowest BCUT2D eigenvalue weighted by atomic mass is 9.73. The van der Waals surface area contributed by atoms with Crippen LogP contribution in [0.25, 0.3) is 0 Å². The summed E-state index contributed by atoms with van der Waals surface area (Å²) >= 11 is 0. The molecule has 0 spiro atoms. The lowest BCUT2D eigenvalue weighted by molar-refractivity contribution is -0.138. The van der Waals surface area contributed by atoms with Gasteiger partial charge in [-0.2, -0.15) is 13.2 Å². The van der Waals surface area contributed by atoms with Crippen LogP contribution in [0.3, 0.4) is 0 Å². The molecule has 1 aliphatic carbocycles. The number of benzene rings is 1. The van der Waals surface area contributed by atoms with E-state index >= 15 is 0 Å². The SMILES string of the molecule is FC(F)(F)c1ccc2c(c1)[C@H]1O[C@@H](CN3CCC(N4CCOCC4)CC3)CC[C@H]1[C@H](C1C=CC=CC1)N2. The molecule has 202 valence electrons. The molecular weight excluding hydrogens is 479 g/mol. The number of halogens is 3. The zero-order chi connectivity index (χ0) is 25.4. The van der Waals surface area contributed by atoms with E-state index in [0.717, 1.165) is 83.7 Å². The number of rotatable bonds is 4. The highest BCUT2D eigenvalue weighted by Gasteiger charge is 2.45. The summed E-state index contributed by atoms with van der Waals surface area (Å²) < 4.78 is 53.1. The first-order valence-electron chi connectivity index (χ1n) is 14.0. The number of hydrogen-bond acceptors (Lipinski definition) is 5. The van der Waals surface area contributed by atoms with Gasteiger partial charge in [0.1, 0.15) is 0 Å². The molecule has 1 aromatic carbocycles. The lowest BCUT2D eigenvalue weighted by Crippen LogP contribution is -2.51. The van der Waals surface area contributed by atoms with Crippen LogP contribution < -0.4 is 5.32 Å². The molecule has 0 radical (unpaired) electrons. The quantitative estimate of drug-likeness (QED) is 0.590. The van der Waals surface area contributed by atoms with Gasteiger partial charge >= 0.3 is 6.18 Å². The van der Waals surface area contributed by atoms with Crippen molar-refractivity contribution in [2.24, 2.45) is 11.8 Å². The van der Waals surface area contributed by atoms with Crippen molar-refractivity contribution in [2.75, 3.05) is 51.3 Å². The molecule has 4 heterocycles. The molecule has 5 aliphatic rings. The number of ether oxygens (including phenoxy) is 2. The largest absolute Gasteiger partial charge is 0.416 e. The first-order chi connectivity index (χ1) is 18.0. The van der Waals surface area contributed by atoms with Crippen molar-refractivity contribution in [3.8, 4) is 0 Å². The third-order valence-electron chi connectivity index (χ3n) is 9.07. The minimum atomic E-state index is -4.36. The van der Waals surface area contributed by atoms with E-state index in [-0.39, 0.29) is 24.2 Å². The van der Waals surface area contributed by atoms with Gasteiger partial charge in [0, 0.05) is 54.8 Å². The molecular formula is C29H38F3N3O2. The molecule has 1 unspecified atom stereocenters. The van der Waals surface area contributed by atoms with Gasteiger partial charge in [-0.25, -0.2) is 0 Å². The predicted octanol–water partition coefficient (Wildman–Crippen LogP) is 5.26. The van der Waals surface area contributed by atoms with Gasteiger partial charge in [0.15, 0.2) is 0 Å². The predicted molar refractivity (Wildman–Crippen MR) is 137 cm³/mol. The summed E-state index contributed by atoms with van der Waals surface area (Å²) in [6, 6.07) is 4.91. The molecule has 0 amide bonds. The van der Waals surface area contributed by atoms with Gasteiger partial charge in [0.2, 0.25) is 0 Å². The number of fused-ring (bicyclic) bond motifs is 3. The van der Waals surface area contributed by atoms with E-state index in [2.05, 4.69) is 39.4 Å². The summed E-state index contributed by atoms with van der Waals surface area (Å²) in [6.07, 6.45) is 9.09. The van der Waals surface area contributed by atoms with Crippen molar-refractivity contribution in [1.29, 1.82) is 0 Å². The molecule has 3 fully saturated rings. The van der Waals surface area contributed by atoms with E-state index in [0.29, 0.717) is 17.5 Å². The van der Waals surface area contributed by atoms with E-state index in [9.17, 15) is 13.2 Å². The Bertz CT molecular complexity index is 999. The molecule has 4 aliphatic heterocycles. The Morgan fingerprint density at radius 1 is 0.973 bits per heavy atom. The highest BCUT2D eigenvalue weighted by atomic mass is 19.4. The van der Waals surface area contributed by atoms with Gasteiger partial charge in [0.05, 0.1) is 31.0 Å². The summed E-state index contributed by atoms with van der Waals surface area (Å²) in [5, 5.41) is 3.62. The molecule has 0 saturated carbocycles. The Labute approximate surface area is 217 Å². The summed E-state index contributed by atoms with van der Waals surface area (Å²) in [5.74, 6) is 0.466. The first kappa shape index (κ1) is 25.4. The second-order valence-corrected chi connectivity index (χ2v) is 11.3. The summed E-state index contributed by atoms with van der Waals surface area (Å²) in [5.41, 5.74) is 0.859. The third-order valence-corrected chi connectivity index (χ3v) is 9.07. The lowest BCUT2D eigenvalue weighted by Gasteiger charge is -2.48. The van der Waals surface area contributed by atoms with E-state index in [4.69, 9.17) is 9.47 Å². The molecule has 1 N–H and O–H groups in total. The number of hydrogen-bond donors (Lipinski definition) is 1. The molecule has 1 aromatic rings. The maximum Gasteiger partial charge on any atom is 0.416 e. The summed E-state index contributed by atoms with van der Waals surface area (Å²) in [4.78, 5) is 5.07. The monoisotopic (exact) mass is 517 g/mol. The van der Waals surface area contributed by atoms with Gasteiger partial charge in [-0.1, -0.05) is 24.3 Å². The molecule has 8 heteroatoms. The average Bonchev–Trinajstić information content (AvgIpc) is 2.93. The normalized spacial score (nSPS) is 33.5. The molecule has 0 aromatic heterocycles. The van der Waals surface area contributed by atoms with Crippen LogP contribution in [0.1, 0.15) is 49.3 Å². The molecule has 0 bridgehead atoms. The van der Waals surface area contributed by atoms with Crippen molar-refractivity contribution in [2.45, 2.75) is 62.6 Å². The van der Waals surface area contributed by atoms with Crippen LogP contribution in [-0.4, -0.2) is 73.9 Å². The number of morpholine rings is 1. The van der Waals surface area contributed by atoms with Gasteiger partial charge in [-0.3, -0.25) is 4.90 Å². The number of likely N-dealkylation sites (tertiary alicyclic amines) is 1. The summed E-state index contributed by atoms with van der Waals surface area (Å²) in [7, 11) is 0. The zero-order valence-corrected chi connectivity index (χ0v) is 21.3. The van der Waals surface area contributed by atoms with Gasteiger partial charge in [-0.15, -0.1) is 0 Å². The Morgan fingerprint density at radius 3 is 2.51 bits per heavy atom. The van der Waals surface area contributed by atoms with E-state index in [1.54, 1.807) is 6.07 Å². The van der Waals surface area contributed by atoms with E-state index < -0.39 is 11.7 Å². The minimum Gasteiger partial charge on any atom is -0.381 e. The van der Waals surface area contributed by atoms with Crippen molar-refractivity contribution in [3.05, 3.63) is 53.6 Å². The maximum atomic E-state index is 13.6. The van der Waals surface area contributed by atoms with Crippen LogP contribution in [0.4, 0.5) is 18.9 Å². The standard InChI is InChI=1S/C29H38F3N3O2/c30-29(31,32)21-6-9-26-25(18-21)28-24(27(33-26)20-4-2-1-3-5-20)8-7-23(37-28)19-34-12-10-22(11-13-34)35-14-16-36-17-15-35/h1-4,6,9,18,20,22-24,27-28,33H,5,7-8,10-17,19H2/t20?,23-,24+,27+,28+/m1/s1. The number of allylic oxidation sites excluding steroid dienone is 3.